The van der Waals surface area contributed by atoms with E-state index in [9.17, 15) is 0 Å². The zero-order valence-corrected chi connectivity index (χ0v) is 13.8. The van der Waals surface area contributed by atoms with Crippen LogP contribution in [0, 0.1) is 5.92 Å². The Kier molecular flexibility index (Phi) is 7.96. The maximum Gasteiger partial charge on any atom is 0.0220 e. The Morgan fingerprint density at radius 3 is 2.32 bits per heavy atom. The van der Waals surface area contributed by atoms with Gasteiger partial charge in [-0.1, -0.05) is 27.2 Å². The molecule has 1 fully saturated rings. The summed E-state index contributed by atoms with van der Waals surface area (Å²) in [6, 6.07) is 1.46. The Morgan fingerprint density at radius 1 is 1.21 bits per heavy atom. The molecule has 3 nitrogen and oxygen atoms in total. The number of nitrogens with zero attached hydrogens (tertiary/aromatic N) is 2. The van der Waals surface area contributed by atoms with Crippen LogP contribution in [-0.4, -0.2) is 62.2 Å². The van der Waals surface area contributed by atoms with Crippen LogP contribution in [0.3, 0.4) is 0 Å². The predicted molar refractivity (Wildman–Crippen MR) is 84.7 cm³/mol. The first-order valence-electron chi connectivity index (χ1n) is 8.20. The monoisotopic (exact) mass is 269 g/mol. The van der Waals surface area contributed by atoms with Crippen molar-refractivity contribution < 1.29 is 0 Å². The summed E-state index contributed by atoms with van der Waals surface area (Å²) in [5.74, 6) is 0.776. The van der Waals surface area contributed by atoms with Gasteiger partial charge in [-0.2, -0.15) is 0 Å². The lowest BCUT2D eigenvalue weighted by Gasteiger charge is -2.38. The lowest BCUT2D eigenvalue weighted by atomic mass is 9.96. The van der Waals surface area contributed by atoms with E-state index in [2.05, 4.69) is 50.0 Å². The molecule has 1 N–H and O–H groups in total. The van der Waals surface area contributed by atoms with Crippen LogP contribution in [0.25, 0.3) is 0 Å². The molecule has 0 radical (unpaired) electrons. The topological polar surface area (TPSA) is 18.5 Å². The first kappa shape index (κ1) is 16.9. The molecule has 3 heteroatoms. The van der Waals surface area contributed by atoms with E-state index in [-0.39, 0.29) is 0 Å². The summed E-state index contributed by atoms with van der Waals surface area (Å²) in [7, 11) is 4.43. The smallest absolute Gasteiger partial charge is 0.0220 e. The second kappa shape index (κ2) is 8.93. The highest BCUT2D eigenvalue weighted by atomic mass is 15.2. The molecular formula is C16H35N3. The molecule has 114 valence electrons. The quantitative estimate of drug-likeness (QED) is 0.730. The molecule has 19 heavy (non-hydrogen) atoms. The van der Waals surface area contributed by atoms with Gasteiger partial charge >= 0.3 is 0 Å². The van der Waals surface area contributed by atoms with Gasteiger partial charge in [0, 0.05) is 18.6 Å². The highest BCUT2D eigenvalue weighted by molar-refractivity contribution is 4.82. The molecule has 1 rings (SSSR count). The first-order valence-corrected chi connectivity index (χ1v) is 8.20. The molecule has 0 saturated carbocycles. The van der Waals surface area contributed by atoms with Gasteiger partial charge in [-0.15, -0.1) is 0 Å². The first-order chi connectivity index (χ1) is 9.08. The molecule has 0 amide bonds. The van der Waals surface area contributed by atoms with E-state index in [1.807, 2.05) is 0 Å². The van der Waals surface area contributed by atoms with Crippen molar-refractivity contribution in [1.82, 2.24) is 15.1 Å². The van der Waals surface area contributed by atoms with Gasteiger partial charge in [-0.3, -0.25) is 0 Å². The van der Waals surface area contributed by atoms with Crippen molar-refractivity contribution >= 4 is 0 Å². The fourth-order valence-corrected chi connectivity index (χ4v) is 2.96. The zero-order valence-electron chi connectivity index (χ0n) is 13.8. The fraction of sp³-hybridized carbons (Fsp3) is 1.00. The van der Waals surface area contributed by atoms with Gasteiger partial charge in [0.2, 0.25) is 0 Å². The minimum atomic E-state index is 0.667. The van der Waals surface area contributed by atoms with Gasteiger partial charge in [-0.05, 0) is 58.9 Å². The van der Waals surface area contributed by atoms with Crippen LogP contribution in [0.1, 0.15) is 46.5 Å². The van der Waals surface area contributed by atoms with E-state index >= 15 is 0 Å². The van der Waals surface area contributed by atoms with E-state index in [0.717, 1.165) is 18.5 Å². The standard InChI is InChI=1S/C16H35N3/c1-6-10-17-16(14(3)7-2)13-19-11-8-15(9-12-19)18(4)5/h14-17H,6-13H2,1-5H3. The molecule has 0 aliphatic carbocycles. The minimum Gasteiger partial charge on any atom is -0.312 e. The summed E-state index contributed by atoms with van der Waals surface area (Å²) in [4.78, 5) is 5.05. The lowest BCUT2D eigenvalue weighted by molar-refractivity contribution is 0.126. The summed E-state index contributed by atoms with van der Waals surface area (Å²) in [6.07, 6.45) is 5.16. The minimum absolute atomic E-state index is 0.667. The van der Waals surface area contributed by atoms with Crippen molar-refractivity contribution in [3.05, 3.63) is 0 Å². The summed E-state index contributed by atoms with van der Waals surface area (Å²) in [6.45, 7) is 11.9. The number of rotatable bonds is 8. The SMILES string of the molecule is CCCNC(CN1CCC(N(C)C)CC1)C(C)CC. The van der Waals surface area contributed by atoms with Crippen LogP contribution in [-0.2, 0) is 0 Å². The number of piperidine rings is 1. The van der Waals surface area contributed by atoms with Gasteiger partial charge in [0.15, 0.2) is 0 Å². The molecule has 0 spiro atoms. The van der Waals surface area contributed by atoms with Crippen molar-refractivity contribution in [1.29, 1.82) is 0 Å². The molecule has 1 saturated heterocycles. The third kappa shape index (κ3) is 5.80. The molecule has 2 unspecified atom stereocenters. The Bertz CT molecular complexity index is 222. The van der Waals surface area contributed by atoms with Gasteiger partial charge in [0.25, 0.3) is 0 Å². The molecule has 0 bridgehead atoms. The Hall–Kier alpha value is -0.120. The largest absolute Gasteiger partial charge is 0.312 e. The third-order valence-corrected chi connectivity index (χ3v) is 4.73. The molecule has 1 heterocycles. The van der Waals surface area contributed by atoms with Crippen LogP contribution >= 0.6 is 0 Å². The predicted octanol–water partition coefficient (Wildman–Crippen LogP) is 2.43. The van der Waals surface area contributed by atoms with Gasteiger partial charge in [0.1, 0.15) is 0 Å². The molecule has 0 aromatic rings. The van der Waals surface area contributed by atoms with Crippen LogP contribution in [0.2, 0.25) is 0 Å². The summed E-state index contributed by atoms with van der Waals surface area (Å²) in [5.41, 5.74) is 0. The van der Waals surface area contributed by atoms with E-state index in [1.165, 1.54) is 45.3 Å². The number of nitrogens with one attached hydrogen (secondary N) is 1. The highest BCUT2D eigenvalue weighted by Crippen LogP contribution is 2.16. The maximum atomic E-state index is 3.75. The fourth-order valence-electron chi connectivity index (χ4n) is 2.96. The highest BCUT2D eigenvalue weighted by Gasteiger charge is 2.24. The summed E-state index contributed by atoms with van der Waals surface area (Å²) >= 11 is 0. The van der Waals surface area contributed by atoms with Crippen molar-refractivity contribution in [2.24, 2.45) is 5.92 Å². The van der Waals surface area contributed by atoms with Crippen molar-refractivity contribution in [2.75, 3.05) is 40.3 Å². The van der Waals surface area contributed by atoms with Gasteiger partial charge < -0.3 is 15.1 Å². The maximum absolute atomic E-state index is 3.75. The van der Waals surface area contributed by atoms with Crippen LogP contribution in [0.5, 0.6) is 0 Å². The van der Waals surface area contributed by atoms with E-state index in [0.29, 0.717) is 6.04 Å². The van der Waals surface area contributed by atoms with Gasteiger partial charge in [-0.25, -0.2) is 0 Å². The Labute approximate surface area is 120 Å². The normalized spacial score (nSPS) is 21.8. The molecule has 2 atom stereocenters. The second-order valence-electron chi connectivity index (χ2n) is 6.44. The summed E-state index contributed by atoms with van der Waals surface area (Å²) < 4.78 is 0. The van der Waals surface area contributed by atoms with Crippen LogP contribution < -0.4 is 5.32 Å². The van der Waals surface area contributed by atoms with E-state index in [4.69, 9.17) is 0 Å². The zero-order chi connectivity index (χ0) is 14.3. The number of hydrogen-bond donors (Lipinski definition) is 1. The average Bonchev–Trinajstić information content (AvgIpc) is 2.43. The molecular weight excluding hydrogens is 234 g/mol. The second-order valence-corrected chi connectivity index (χ2v) is 6.44. The van der Waals surface area contributed by atoms with Crippen molar-refractivity contribution in [2.45, 2.75) is 58.5 Å². The average molecular weight is 269 g/mol. The third-order valence-electron chi connectivity index (χ3n) is 4.73. The molecule has 0 aromatic heterocycles. The molecule has 0 aromatic carbocycles. The lowest BCUT2D eigenvalue weighted by Crippen LogP contribution is -2.49. The number of hydrogen-bond acceptors (Lipinski definition) is 3. The van der Waals surface area contributed by atoms with E-state index in [1.54, 1.807) is 0 Å². The Balaban J connectivity index is 2.38. The van der Waals surface area contributed by atoms with Crippen LogP contribution in [0.15, 0.2) is 0 Å². The van der Waals surface area contributed by atoms with E-state index < -0.39 is 0 Å². The van der Waals surface area contributed by atoms with Gasteiger partial charge in [0.05, 0.1) is 0 Å². The Morgan fingerprint density at radius 2 is 1.84 bits per heavy atom. The van der Waals surface area contributed by atoms with Crippen LogP contribution in [0.4, 0.5) is 0 Å². The summed E-state index contributed by atoms with van der Waals surface area (Å²) in [5, 5.41) is 3.75. The number of likely N-dealkylation sites (tertiary alicyclic amines) is 1. The molecule has 1 aliphatic rings. The molecule has 1 aliphatic heterocycles. The van der Waals surface area contributed by atoms with Crippen molar-refractivity contribution in [3.63, 3.8) is 0 Å². The van der Waals surface area contributed by atoms with Crippen molar-refractivity contribution in [3.8, 4) is 0 Å².